The Hall–Kier alpha value is -2.21. The van der Waals surface area contributed by atoms with Gasteiger partial charge in [0.15, 0.2) is 5.82 Å². The zero-order valence-corrected chi connectivity index (χ0v) is 14.3. The second kappa shape index (κ2) is 7.57. The molecule has 6 nitrogen and oxygen atoms in total. The topological polar surface area (TPSA) is 62.5 Å². The number of aromatic nitrogens is 2. The van der Waals surface area contributed by atoms with E-state index in [-0.39, 0.29) is 11.8 Å². The summed E-state index contributed by atoms with van der Waals surface area (Å²) in [5.74, 6) is 1.65. The van der Waals surface area contributed by atoms with Gasteiger partial charge in [-0.3, -0.25) is 9.69 Å². The number of rotatable bonds is 5. The molecule has 1 aliphatic rings. The average molecular weight is 328 g/mol. The quantitative estimate of drug-likeness (QED) is 0.842. The van der Waals surface area contributed by atoms with Crippen molar-refractivity contribution in [2.75, 3.05) is 26.7 Å². The molecule has 1 aliphatic heterocycles. The molecule has 0 spiro atoms. The first-order valence-electron chi connectivity index (χ1n) is 8.42. The highest BCUT2D eigenvalue weighted by molar-refractivity contribution is 5.78. The van der Waals surface area contributed by atoms with Gasteiger partial charge in [-0.25, -0.2) is 0 Å². The Kier molecular flexibility index (Phi) is 5.25. The van der Waals surface area contributed by atoms with Gasteiger partial charge in [0.05, 0.1) is 6.54 Å². The molecule has 1 saturated heterocycles. The van der Waals surface area contributed by atoms with Crippen molar-refractivity contribution in [3.63, 3.8) is 0 Å². The van der Waals surface area contributed by atoms with E-state index in [2.05, 4.69) is 27.2 Å². The summed E-state index contributed by atoms with van der Waals surface area (Å²) in [6.45, 7) is 4.48. The number of carbonyl (C=O) groups is 1. The molecular formula is C18H24N4O2. The third-order valence-electron chi connectivity index (χ3n) is 4.38. The van der Waals surface area contributed by atoms with E-state index in [1.807, 2.05) is 30.1 Å². The second-order valence-electron chi connectivity index (χ2n) is 6.51. The molecular weight excluding hydrogens is 304 g/mol. The molecule has 0 N–H and O–H groups in total. The lowest BCUT2D eigenvalue weighted by atomic mass is 9.97. The van der Waals surface area contributed by atoms with Crippen LogP contribution in [0, 0.1) is 6.92 Å². The Labute approximate surface area is 142 Å². The molecule has 0 unspecified atom stereocenters. The van der Waals surface area contributed by atoms with Gasteiger partial charge >= 0.3 is 0 Å². The van der Waals surface area contributed by atoms with Crippen molar-refractivity contribution in [3.05, 3.63) is 47.6 Å². The van der Waals surface area contributed by atoms with Gasteiger partial charge in [-0.05, 0) is 25.5 Å². The highest BCUT2D eigenvalue weighted by Crippen LogP contribution is 2.24. The van der Waals surface area contributed by atoms with Crippen molar-refractivity contribution in [1.82, 2.24) is 19.9 Å². The van der Waals surface area contributed by atoms with Crippen LogP contribution in [0.4, 0.5) is 0 Å². The van der Waals surface area contributed by atoms with Gasteiger partial charge in [-0.2, -0.15) is 4.98 Å². The first-order chi connectivity index (χ1) is 11.6. The van der Waals surface area contributed by atoms with Gasteiger partial charge in [-0.15, -0.1) is 0 Å². The number of nitrogens with zero attached hydrogens (tertiary/aromatic N) is 4. The number of benzene rings is 1. The van der Waals surface area contributed by atoms with Crippen LogP contribution in [0.25, 0.3) is 0 Å². The number of piperidine rings is 1. The van der Waals surface area contributed by atoms with E-state index in [0.717, 1.165) is 31.8 Å². The normalized spacial score (nSPS) is 18.1. The lowest BCUT2D eigenvalue weighted by molar-refractivity contribution is -0.133. The zero-order chi connectivity index (χ0) is 16.9. The minimum Gasteiger partial charge on any atom is -0.341 e. The Morgan fingerprint density at radius 3 is 2.88 bits per heavy atom. The molecule has 1 atom stereocenters. The summed E-state index contributed by atoms with van der Waals surface area (Å²) in [5.41, 5.74) is 1.21. The van der Waals surface area contributed by atoms with Gasteiger partial charge in [0.2, 0.25) is 11.8 Å². The lowest BCUT2D eigenvalue weighted by Crippen LogP contribution is -2.43. The van der Waals surface area contributed by atoms with Gasteiger partial charge < -0.3 is 9.42 Å². The Bertz CT molecular complexity index is 671. The maximum Gasteiger partial charge on any atom is 0.236 e. The molecule has 1 fully saturated rings. The lowest BCUT2D eigenvalue weighted by Gasteiger charge is -2.32. The minimum atomic E-state index is 0.165. The van der Waals surface area contributed by atoms with Crippen LogP contribution in [0.15, 0.2) is 34.9 Å². The largest absolute Gasteiger partial charge is 0.341 e. The standard InChI is InChI=1S/C18H24N4O2/c1-14-19-18(20-24-14)16-9-6-10-22(12-16)17(23)13-21(2)11-15-7-4-3-5-8-15/h3-5,7-8,16H,6,9-13H2,1-2H3/t16-/m0/s1. The van der Waals surface area contributed by atoms with Crippen molar-refractivity contribution >= 4 is 5.91 Å². The highest BCUT2D eigenvalue weighted by atomic mass is 16.5. The zero-order valence-electron chi connectivity index (χ0n) is 14.3. The van der Waals surface area contributed by atoms with Crippen molar-refractivity contribution in [2.24, 2.45) is 0 Å². The number of hydrogen-bond acceptors (Lipinski definition) is 5. The third kappa shape index (κ3) is 4.20. The highest BCUT2D eigenvalue weighted by Gasteiger charge is 2.28. The monoisotopic (exact) mass is 328 g/mol. The molecule has 2 heterocycles. The summed E-state index contributed by atoms with van der Waals surface area (Å²) < 4.78 is 5.07. The molecule has 2 aromatic rings. The van der Waals surface area contributed by atoms with E-state index in [1.54, 1.807) is 6.92 Å². The fraction of sp³-hybridized carbons (Fsp3) is 0.500. The summed E-state index contributed by atoms with van der Waals surface area (Å²) in [5, 5.41) is 4.02. The molecule has 6 heteroatoms. The van der Waals surface area contributed by atoms with Crippen molar-refractivity contribution < 1.29 is 9.32 Å². The third-order valence-corrected chi connectivity index (χ3v) is 4.38. The van der Waals surface area contributed by atoms with Gasteiger partial charge in [0.1, 0.15) is 0 Å². The molecule has 24 heavy (non-hydrogen) atoms. The first kappa shape index (κ1) is 16.6. The van der Waals surface area contributed by atoms with Crippen LogP contribution in [0.2, 0.25) is 0 Å². The van der Waals surface area contributed by atoms with Crippen LogP contribution >= 0.6 is 0 Å². The van der Waals surface area contributed by atoms with E-state index in [4.69, 9.17) is 4.52 Å². The summed E-state index contributed by atoms with van der Waals surface area (Å²) in [4.78, 5) is 20.9. The molecule has 0 radical (unpaired) electrons. The van der Waals surface area contributed by atoms with E-state index < -0.39 is 0 Å². The fourth-order valence-electron chi connectivity index (χ4n) is 3.18. The minimum absolute atomic E-state index is 0.165. The van der Waals surface area contributed by atoms with E-state index in [9.17, 15) is 4.79 Å². The SMILES string of the molecule is Cc1nc([C@H]2CCCN(C(=O)CN(C)Cc3ccccc3)C2)no1. The van der Waals surface area contributed by atoms with Crippen LogP contribution in [-0.4, -0.2) is 52.5 Å². The second-order valence-corrected chi connectivity index (χ2v) is 6.51. The Morgan fingerprint density at radius 2 is 2.17 bits per heavy atom. The van der Waals surface area contributed by atoms with E-state index in [0.29, 0.717) is 19.0 Å². The van der Waals surface area contributed by atoms with Crippen molar-refractivity contribution in [2.45, 2.75) is 32.2 Å². The molecule has 0 bridgehead atoms. The van der Waals surface area contributed by atoms with Crippen LogP contribution in [0.1, 0.15) is 36.0 Å². The van der Waals surface area contributed by atoms with Gasteiger partial charge in [0.25, 0.3) is 0 Å². The number of carbonyl (C=O) groups excluding carboxylic acids is 1. The maximum absolute atomic E-state index is 12.6. The van der Waals surface area contributed by atoms with Crippen molar-refractivity contribution in [3.8, 4) is 0 Å². The van der Waals surface area contributed by atoms with Crippen molar-refractivity contribution in [1.29, 1.82) is 0 Å². The van der Waals surface area contributed by atoms with Gasteiger partial charge in [0, 0.05) is 32.5 Å². The first-order valence-corrected chi connectivity index (χ1v) is 8.42. The fourth-order valence-corrected chi connectivity index (χ4v) is 3.18. The average Bonchev–Trinajstić information content (AvgIpc) is 3.02. The molecule has 0 aliphatic carbocycles. The predicted molar refractivity (Wildman–Crippen MR) is 90.4 cm³/mol. The molecule has 128 valence electrons. The number of amides is 1. The molecule has 1 aromatic heterocycles. The van der Waals surface area contributed by atoms with Crippen LogP contribution < -0.4 is 0 Å². The van der Waals surface area contributed by atoms with Gasteiger partial charge in [-0.1, -0.05) is 35.5 Å². The summed E-state index contributed by atoms with van der Waals surface area (Å²) in [7, 11) is 1.98. The Morgan fingerprint density at radius 1 is 1.38 bits per heavy atom. The van der Waals surface area contributed by atoms with Crippen LogP contribution in [-0.2, 0) is 11.3 Å². The molecule has 3 rings (SSSR count). The summed E-state index contributed by atoms with van der Waals surface area (Å²) in [6, 6.07) is 10.2. The molecule has 0 saturated carbocycles. The van der Waals surface area contributed by atoms with Crippen LogP contribution in [0.3, 0.4) is 0 Å². The molecule has 1 aromatic carbocycles. The number of likely N-dealkylation sites (N-methyl/N-ethyl adjacent to an activating group) is 1. The number of hydrogen-bond donors (Lipinski definition) is 0. The summed E-state index contributed by atoms with van der Waals surface area (Å²) >= 11 is 0. The molecule has 1 amide bonds. The number of aryl methyl sites for hydroxylation is 1. The number of likely N-dealkylation sites (tertiary alicyclic amines) is 1. The van der Waals surface area contributed by atoms with Crippen LogP contribution in [0.5, 0.6) is 0 Å². The van der Waals surface area contributed by atoms with E-state index >= 15 is 0 Å². The summed E-state index contributed by atoms with van der Waals surface area (Å²) in [6.07, 6.45) is 1.98. The predicted octanol–water partition coefficient (Wildman–Crippen LogP) is 2.22. The smallest absolute Gasteiger partial charge is 0.236 e. The maximum atomic E-state index is 12.6. The Balaban J connectivity index is 1.54. The van der Waals surface area contributed by atoms with E-state index in [1.165, 1.54) is 5.56 Å².